The Labute approximate surface area is 107 Å². The monoisotopic (exact) mass is 265 g/mol. The normalized spacial score (nSPS) is 10.6. The van der Waals surface area contributed by atoms with E-state index in [1.54, 1.807) is 32.2 Å². The smallest absolute Gasteiger partial charge is 0.343 e. The lowest BCUT2D eigenvalue weighted by Gasteiger charge is -2.04. The maximum atomic E-state index is 11.2. The van der Waals surface area contributed by atoms with E-state index in [1.165, 1.54) is 16.3 Å². The molecular formula is C11H11N3O3S. The van der Waals surface area contributed by atoms with Crippen LogP contribution in [0.5, 0.6) is 0 Å². The van der Waals surface area contributed by atoms with Crippen molar-refractivity contribution in [2.45, 2.75) is 17.0 Å². The van der Waals surface area contributed by atoms with E-state index in [-0.39, 0.29) is 11.3 Å². The van der Waals surface area contributed by atoms with Crippen LogP contribution in [0.25, 0.3) is 0 Å². The highest BCUT2D eigenvalue weighted by atomic mass is 32.2. The number of aromatic amines is 1. The molecule has 0 atom stereocenters. The molecule has 2 aromatic rings. The van der Waals surface area contributed by atoms with Gasteiger partial charge in [-0.2, -0.15) is 0 Å². The average molecular weight is 265 g/mol. The number of nitrogens with one attached hydrogen (secondary N) is 1. The van der Waals surface area contributed by atoms with Crippen LogP contribution in [0.3, 0.4) is 0 Å². The molecule has 1 heterocycles. The fraction of sp³-hybridized carbons (Fsp3) is 0.182. The highest BCUT2D eigenvalue weighted by Crippen LogP contribution is 2.26. The molecule has 1 aromatic carbocycles. The van der Waals surface area contributed by atoms with Crippen LogP contribution in [0.2, 0.25) is 0 Å². The maximum Gasteiger partial charge on any atom is 0.343 e. The maximum absolute atomic E-state index is 11.2. The van der Waals surface area contributed by atoms with Crippen molar-refractivity contribution in [1.82, 2.24) is 14.8 Å². The molecule has 0 unspecified atom stereocenters. The molecule has 2 N–H and O–H groups in total. The summed E-state index contributed by atoms with van der Waals surface area (Å²) < 4.78 is 1.39. The number of carboxylic acid groups (broad SMARTS) is 1. The first-order valence-electron chi connectivity index (χ1n) is 5.12. The lowest BCUT2D eigenvalue weighted by molar-refractivity contribution is 0.0696. The topological polar surface area (TPSA) is 88.0 Å². The van der Waals surface area contributed by atoms with E-state index in [1.807, 2.05) is 0 Å². The van der Waals surface area contributed by atoms with Crippen LogP contribution < -0.4 is 5.69 Å². The molecule has 0 aliphatic rings. The molecule has 0 fully saturated rings. The summed E-state index contributed by atoms with van der Waals surface area (Å²) in [7, 11) is 1.62. The number of aryl methyl sites for hydroxylation is 1. The molecule has 1 aromatic heterocycles. The summed E-state index contributed by atoms with van der Waals surface area (Å²) in [6.07, 6.45) is 0. The summed E-state index contributed by atoms with van der Waals surface area (Å²) in [4.78, 5) is 22.9. The summed E-state index contributed by atoms with van der Waals surface area (Å²) in [5.74, 6) is -0.948. The lowest BCUT2D eigenvalue weighted by atomic mass is 10.1. The fourth-order valence-electron chi connectivity index (χ4n) is 1.47. The number of hydrogen-bond acceptors (Lipinski definition) is 4. The van der Waals surface area contributed by atoms with Crippen molar-refractivity contribution in [1.29, 1.82) is 0 Å². The van der Waals surface area contributed by atoms with Gasteiger partial charge in [0.25, 0.3) is 0 Å². The first-order chi connectivity index (χ1) is 8.49. The van der Waals surface area contributed by atoms with E-state index in [0.29, 0.717) is 10.7 Å². The van der Waals surface area contributed by atoms with Gasteiger partial charge in [0.05, 0.1) is 5.56 Å². The zero-order chi connectivity index (χ0) is 13.3. The average Bonchev–Trinajstić information content (AvgIpc) is 2.61. The van der Waals surface area contributed by atoms with Crippen LogP contribution in [-0.4, -0.2) is 25.8 Å². The number of aromatic carboxylic acids is 1. The molecule has 0 aliphatic heterocycles. The van der Waals surface area contributed by atoms with Crippen molar-refractivity contribution < 1.29 is 9.90 Å². The SMILES string of the molecule is Cc1cc(Sc2n[nH]c(=O)n2C)ccc1C(=O)O. The third kappa shape index (κ3) is 2.30. The molecular weight excluding hydrogens is 254 g/mol. The number of aromatic nitrogens is 3. The predicted octanol–water partition coefficient (Wildman–Crippen LogP) is 1.27. The Hall–Kier alpha value is -2.02. The second-order valence-electron chi connectivity index (χ2n) is 3.75. The van der Waals surface area contributed by atoms with Gasteiger partial charge in [-0.25, -0.2) is 14.7 Å². The van der Waals surface area contributed by atoms with Crippen molar-refractivity contribution >= 4 is 17.7 Å². The van der Waals surface area contributed by atoms with E-state index in [9.17, 15) is 9.59 Å². The minimum Gasteiger partial charge on any atom is -0.478 e. The molecule has 0 spiro atoms. The molecule has 0 saturated heterocycles. The molecule has 94 valence electrons. The molecule has 0 radical (unpaired) electrons. The standard InChI is InChI=1S/C11H11N3O3S/c1-6-5-7(3-4-8(6)9(15)16)18-11-13-12-10(17)14(11)2/h3-5H,1-2H3,(H,12,17)(H,15,16). The number of nitrogens with zero attached hydrogens (tertiary/aromatic N) is 2. The largest absolute Gasteiger partial charge is 0.478 e. The highest BCUT2D eigenvalue weighted by molar-refractivity contribution is 7.99. The number of rotatable bonds is 3. The van der Waals surface area contributed by atoms with Crippen molar-refractivity contribution in [3.63, 3.8) is 0 Å². The van der Waals surface area contributed by atoms with Crippen molar-refractivity contribution in [2.75, 3.05) is 0 Å². The Bertz CT molecular complexity index is 660. The molecule has 0 bridgehead atoms. The summed E-state index contributed by atoms with van der Waals surface area (Å²) in [6.45, 7) is 1.73. The lowest BCUT2D eigenvalue weighted by Crippen LogP contribution is -2.12. The van der Waals surface area contributed by atoms with Crippen molar-refractivity contribution in [3.05, 3.63) is 39.8 Å². The zero-order valence-electron chi connectivity index (χ0n) is 9.80. The van der Waals surface area contributed by atoms with Gasteiger partial charge in [-0.1, -0.05) is 0 Å². The van der Waals surface area contributed by atoms with E-state index >= 15 is 0 Å². The van der Waals surface area contributed by atoms with Crippen molar-refractivity contribution in [3.8, 4) is 0 Å². The third-order valence-corrected chi connectivity index (χ3v) is 3.51. The van der Waals surface area contributed by atoms with Crippen LogP contribution in [0.1, 0.15) is 15.9 Å². The van der Waals surface area contributed by atoms with Crippen LogP contribution >= 0.6 is 11.8 Å². The summed E-state index contributed by atoms with van der Waals surface area (Å²) in [5.41, 5.74) is 0.666. The highest BCUT2D eigenvalue weighted by Gasteiger charge is 2.10. The second-order valence-corrected chi connectivity index (χ2v) is 4.79. The minimum atomic E-state index is -0.948. The first kappa shape index (κ1) is 12.4. The van der Waals surface area contributed by atoms with Crippen molar-refractivity contribution in [2.24, 2.45) is 7.05 Å². The Morgan fingerprint density at radius 2 is 2.22 bits per heavy atom. The Morgan fingerprint density at radius 1 is 1.50 bits per heavy atom. The van der Waals surface area contributed by atoms with E-state index in [4.69, 9.17) is 5.11 Å². The van der Waals surface area contributed by atoms with Gasteiger partial charge in [-0.15, -0.1) is 5.10 Å². The van der Waals surface area contributed by atoms with Crippen LogP contribution in [0, 0.1) is 6.92 Å². The van der Waals surface area contributed by atoms with Gasteiger partial charge in [0.15, 0.2) is 5.16 Å². The van der Waals surface area contributed by atoms with E-state index < -0.39 is 5.97 Å². The van der Waals surface area contributed by atoms with Gasteiger partial charge in [-0.3, -0.25) is 4.57 Å². The Kier molecular flexibility index (Phi) is 3.24. The predicted molar refractivity (Wildman–Crippen MR) is 66.1 cm³/mol. The number of benzene rings is 1. The van der Waals surface area contributed by atoms with Crippen LogP contribution in [-0.2, 0) is 7.05 Å². The number of H-pyrrole nitrogens is 1. The molecule has 6 nitrogen and oxygen atoms in total. The molecule has 2 rings (SSSR count). The van der Waals surface area contributed by atoms with Gasteiger partial charge in [0.2, 0.25) is 0 Å². The Morgan fingerprint density at radius 3 is 2.72 bits per heavy atom. The van der Waals surface area contributed by atoms with Gasteiger partial charge < -0.3 is 5.11 Å². The quantitative estimate of drug-likeness (QED) is 0.872. The number of hydrogen-bond donors (Lipinski definition) is 2. The number of carbonyl (C=O) groups is 1. The van der Waals surface area contributed by atoms with Gasteiger partial charge >= 0.3 is 11.7 Å². The summed E-state index contributed by atoms with van der Waals surface area (Å²) in [5, 5.41) is 15.7. The molecule has 0 aliphatic carbocycles. The fourth-order valence-corrected chi connectivity index (χ4v) is 2.36. The molecule has 0 amide bonds. The zero-order valence-corrected chi connectivity index (χ0v) is 10.6. The van der Waals surface area contributed by atoms with Gasteiger partial charge in [0, 0.05) is 11.9 Å². The summed E-state index contributed by atoms with van der Waals surface area (Å²) in [6, 6.07) is 5.00. The van der Waals surface area contributed by atoms with Gasteiger partial charge in [0.1, 0.15) is 0 Å². The molecule has 0 saturated carbocycles. The van der Waals surface area contributed by atoms with Crippen LogP contribution in [0.15, 0.2) is 33.0 Å². The van der Waals surface area contributed by atoms with Crippen LogP contribution in [0.4, 0.5) is 0 Å². The Balaban J connectivity index is 2.31. The third-order valence-electron chi connectivity index (χ3n) is 2.48. The van der Waals surface area contributed by atoms with E-state index in [2.05, 4.69) is 10.2 Å². The van der Waals surface area contributed by atoms with E-state index in [0.717, 1.165) is 4.90 Å². The number of carboxylic acids is 1. The molecule has 7 heteroatoms. The molecule has 18 heavy (non-hydrogen) atoms. The van der Waals surface area contributed by atoms with Gasteiger partial charge in [-0.05, 0) is 42.4 Å². The summed E-state index contributed by atoms with van der Waals surface area (Å²) >= 11 is 1.30. The minimum absolute atomic E-state index is 0.273. The first-order valence-corrected chi connectivity index (χ1v) is 5.94. The second kappa shape index (κ2) is 4.69.